The van der Waals surface area contributed by atoms with E-state index in [0.717, 1.165) is 60.7 Å². The van der Waals surface area contributed by atoms with Crippen LogP contribution >= 0.6 is 0 Å². The van der Waals surface area contributed by atoms with Crippen LogP contribution in [0.5, 0.6) is 11.5 Å². The molecule has 2 N–H and O–H groups in total. The molecule has 10 heteroatoms. The number of nitrogens with one attached hydrogen (secondary N) is 2. The monoisotopic (exact) mass is 592 g/mol. The van der Waals surface area contributed by atoms with E-state index in [1.807, 2.05) is 24.3 Å². The minimum atomic E-state index is -4.39. The summed E-state index contributed by atoms with van der Waals surface area (Å²) in [5.41, 5.74) is 2.00. The molecule has 42 heavy (non-hydrogen) atoms. The fourth-order valence-electron chi connectivity index (χ4n) is 4.85. The van der Waals surface area contributed by atoms with Gasteiger partial charge in [-0.1, -0.05) is 73.5 Å². The van der Waals surface area contributed by atoms with E-state index in [2.05, 4.69) is 10.6 Å². The molecule has 0 heterocycles. The Morgan fingerprint density at radius 2 is 0.857 bits per heavy atom. The van der Waals surface area contributed by atoms with E-state index in [9.17, 15) is 26.3 Å². The lowest BCUT2D eigenvalue weighted by atomic mass is 10.0. The molecule has 0 unspecified atom stereocenters. The van der Waals surface area contributed by atoms with Gasteiger partial charge in [-0.15, -0.1) is 0 Å². The number of ether oxygens (including phenoxy) is 2. The Kier molecular flexibility index (Phi) is 10.9. The number of rotatable bonds is 15. The zero-order chi connectivity index (χ0) is 30.0. The third-order valence-corrected chi connectivity index (χ3v) is 6.82. The fraction of sp³-hybridized carbons (Fsp3) is 0.375. The number of unbranched alkanes of at least 4 members (excludes halogenated alkanes) is 3. The first-order chi connectivity index (χ1) is 20.1. The Bertz CT molecular complexity index is 1330. The number of fused-ring (bicyclic) bond motifs is 2. The highest BCUT2D eigenvalue weighted by atomic mass is 19.4. The summed E-state index contributed by atoms with van der Waals surface area (Å²) in [5.74, 6) is 0.445. The average molecular weight is 593 g/mol. The SMILES string of the molecule is FC(F)(F)COc1ccc(CNCCCCCCNCc2ccc(OCC(F)(F)F)c3ccccc23)c2ccccc12. The number of hydrogen-bond acceptors (Lipinski definition) is 4. The molecule has 0 aliphatic rings. The van der Waals surface area contributed by atoms with Crippen LogP contribution in [0.3, 0.4) is 0 Å². The van der Waals surface area contributed by atoms with Gasteiger partial charge in [0, 0.05) is 23.9 Å². The molecular formula is C32H34F6N2O2. The van der Waals surface area contributed by atoms with Crippen LogP contribution in [0.1, 0.15) is 36.8 Å². The summed E-state index contributed by atoms with van der Waals surface area (Å²) >= 11 is 0. The Labute approximate surface area is 241 Å². The highest BCUT2D eigenvalue weighted by Crippen LogP contribution is 2.31. The molecule has 0 spiro atoms. The van der Waals surface area contributed by atoms with Crippen LogP contribution in [0, 0.1) is 0 Å². The summed E-state index contributed by atoms with van der Waals surface area (Å²) < 4.78 is 85.6. The Morgan fingerprint density at radius 1 is 0.476 bits per heavy atom. The van der Waals surface area contributed by atoms with Crippen molar-refractivity contribution in [3.8, 4) is 11.5 Å². The summed E-state index contributed by atoms with van der Waals surface area (Å²) in [6.07, 6.45) is -4.69. The highest BCUT2D eigenvalue weighted by molar-refractivity contribution is 5.91. The van der Waals surface area contributed by atoms with Crippen LogP contribution in [-0.2, 0) is 13.1 Å². The molecule has 0 saturated carbocycles. The second kappa shape index (κ2) is 14.6. The largest absolute Gasteiger partial charge is 0.483 e. The molecule has 226 valence electrons. The van der Waals surface area contributed by atoms with Crippen molar-refractivity contribution < 1.29 is 35.8 Å². The van der Waals surface area contributed by atoms with Gasteiger partial charge in [0.1, 0.15) is 11.5 Å². The molecule has 4 rings (SSSR count). The van der Waals surface area contributed by atoms with Crippen LogP contribution in [0.4, 0.5) is 26.3 Å². The second-order valence-corrected chi connectivity index (χ2v) is 10.1. The number of alkyl halides is 6. The first-order valence-electron chi connectivity index (χ1n) is 13.9. The summed E-state index contributed by atoms with van der Waals surface area (Å²) in [6, 6.07) is 21.4. The summed E-state index contributed by atoms with van der Waals surface area (Å²) in [5, 5.41) is 9.90. The highest BCUT2D eigenvalue weighted by Gasteiger charge is 2.29. The van der Waals surface area contributed by atoms with Gasteiger partial charge in [0.2, 0.25) is 0 Å². The Morgan fingerprint density at radius 3 is 1.24 bits per heavy atom. The van der Waals surface area contributed by atoms with E-state index in [1.54, 1.807) is 48.5 Å². The van der Waals surface area contributed by atoms with Crippen molar-refractivity contribution in [1.82, 2.24) is 10.6 Å². The van der Waals surface area contributed by atoms with Crippen LogP contribution < -0.4 is 20.1 Å². The van der Waals surface area contributed by atoms with Crippen LogP contribution in [0.15, 0.2) is 72.8 Å². The Hall–Kier alpha value is -3.50. The first-order valence-corrected chi connectivity index (χ1v) is 13.9. The maximum atomic E-state index is 12.6. The predicted molar refractivity (Wildman–Crippen MR) is 153 cm³/mol. The van der Waals surface area contributed by atoms with Gasteiger partial charge in [-0.05, 0) is 60.0 Å². The van der Waals surface area contributed by atoms with Gasteiger partial charge in [0.15, 0.2) is 13.2 Å². The van der Waals surface area contributed by atoms with Crippen molar-refractivity contribution in [3.05, 3.63) is 83.9 Å². The van der Waals surface area contributed by atoms with Crippen molar-refractivity contribution in [2.45, 2.75) is 51.1 Å². The molecule has 0 atom stereocenters. The molecule has 0 amide bonds. The molecule has 0 aromatic heterocycles. The quantitative estimate of drug-likeness (QED) is 0.108. The standard InChI is InChI=1S/C32H34F6N2O2/c33-31(34,35)21-41-29-15-13-23(25-9-3-5-11-27(25)29)19-39-17-7-1-2-8-18-40-20-24-14-16-30(42-22-32(36,37)38)28-12-6-4-10-26(24)28/h3-6,9-16,39-40H,1-2,7-8,17-22H2. The lowest BCUT2D eigenvalue weighted by Crippen LogP contribution is -2.19. The van der Waals surface area contributed by atoms with Crippen LogP contribution in [0.2, 0.25) is 0 Å². The van der Waals surface area contributed by atoms with Gasteiger partial charge < -0.3 is 20.1 Å². The summed E-state index contributed by atoms with van der Waals surface area (Å²) in [7, 11) is 0. The maximum Gasteiger partial charge on any atom is 0.422 e. The van der Waals surface area contributed by atoms with Gasteiger partial charge in [-0.2, -0.15) is 26.3 Å². The molecule has 0 saturated heterocycles. The third kappa shape index (κ3) is 9.52. The topological polar surface area (TPSA) is 42.5 Å². The Balaban J connectivity index is 1.15. The zero-order valence-electron chi connectivity index (χ0n) is 23.1. The number of hydrogen-bond donors (Lipinski definition) is 2. The summed E-state index contributed by atoms with van der Waals surface area (Å²) in [6.45, 7) is 0.215. The van der Waals surface area contributed by atoms with Crippen LogP contribution in [0.25, 0.3) is 21.5 Å². The lowest BCUT2D eigenvalue weighted by molar-refractivity contribution is -0.153. The summed E-state index contributed by atoms with van der Waals surface area (Å²) in [4.78, 5) is 0. The minimum Gasteiger partial charge on any atom is -0.483 e. The van der Waals surface area contributed by atoms with E-state index < -0.39 is 25.6 Å². The average Bonchev–Trinajstić information content (AvgIpc) is 2.95. The van der Waals surface area contributed by atoms with Gasteiger partial charge in [0.25, 0.3) is 0 Å². The van der Waals surface area contributed by atoms with Crippen molar-refractivity contribution in [3.63, 3.8) is 0 Å². The van der Waals surface area contributed by atoms with Crippen molar-refractivity contribution in [2.24, 2.45) is 0 Å². The molecule has 4 aromatic carbocycles. The van der Waals surface area contributed by atoms with Gasteiger partial charge in [-0.3, -0.25) is 0 Å². The van der Waals surface area contributed by atoms with Crippen molar-refractivity contribution in [1.29, 1.82) is 0 Å². The lowest BCUT2D eigenvalue weighted by Gasteiger charge is -2.14. The zero-order valence-corrected chi connectivity index (χ0v) is 23.1. The van der Waals surface area contributed by atoms with E-state index in [4.69, 9.17) is 9.47 Å². The van der Waals surface area contributed by atoms with E-state index in [-0.39, 0.29) is 11.5 Å². The first kappa shape index (κ1) is 31.4. The van der Waals surface area contributed by atoms with E-state index in [1.165, 1.54) is 0 Å². The van der Waals surface area contributed by atoms with Gasteiger partial charge >= 0.3 is 12.4 Å². The number of halogens is 6. The van der Waals surface area contributed by atoms with Crippen LogP contribution in [-0.4, -0.2) is 38.7 Å². The van der Waals surface area contributed by atoms with Crippen molar-refractivity contribution in [2.75, 3.05) is 26.3 Å². The molecule has 0 aliphatic heterocycles. The molecule has 0 aliphatic carbocycles. The maximum absolute atomic E-state index is 12.6. The molecule has 0 bridgehead atoms. The smallest absolute Gasteiger partial charge is 0.422 e. The molecule has 4 nitrogen and oxygen atoms in total. The van der Waals surface area contributed by atoms with Gasteiger partial charge in [-0.25, -0.2) is 0 Å². The molecule has 4 aromatic rings. The molecule has 0 fully saturated rings. The van der Waals surface area contributed by atoms with E-state index in [0.29, 0.717) is 23.9 Å². The second-order valence-electron chi connectivity index (χ2n) is 10.1. The molecule has 0 radical (unpaired) electrons. The van der Waals surface area contributed by atoms with Crippen molar-refractivity contribution >= 4 is 21.5 Å². The molecular weight excluding hydrogens is 558 g/mol. The normalized spacial score (nSPS) is 12.2. The predicted octanol–water partition coefficient (Wildman–Crippen LogP) is 8.32. The van der Waals surface area contributed by atoms with Gasteiger partial charge in [0.05, 0.1) is 0 Å². The van der Waals surface area contributed by atoms with E-state index >= 15 is 0 Å². The number of benzene rings is 4. The third-order valence-electron chi connectivity index (χ3n) is 6.82. The minimum absolute atomic E-state index is 0.223. The fourth-order valence-corrected chi connectivity index (χ4v) is 4.85.